The van der Waals surface area contributed by atoms with Crippen LogP contribution in [0.2, 0.25) is 0 Å². The van der Waals surface area contributed by atoms with Crippen LogP contribution in [0, 0.1) is 30.6 Å². The van der Waals surface area contributed by atoms with Crippen LogP contribution in [-0.4, -0.2) is 22.4 Å². The van der Waals surface area contributed by atoms with Gasteiger partial charge in [-0.25, -0.2) is 0 Å². The zero-order valence-electron chi connectivity index (χ0n) is 20.8. The molecular weight excluding hydrogens is 392 g/mol. The average molecular weight is 443 g/mol. The highest BCUT2D eigenvalue weighted by atomic mass is 16.3. The van der Waals surface area contributed by atoms with Gasteiger partial charge in [0.25, 0.3) is 0 Å². The van der Waals surface area contributed by atoms with E-state index >= 15 is 0 Å². The van der Waals surface area contributed by atoms with Crippen molar-refractivity contribution in [3.05, 3.63) is 24.3 Å². The molecule has 2 N–H and O–H groups in total. The van der Waals surface area contributed by atoms with E-state index in [9.17, 15) is 10.2 Å². The Labute approximate surface area is 200 Å². The summed E-state index contributed by atoms with van der Waals surface area (Å²) >= 11 is 0. The molecule has 0 rings (SSSR count). The number of hydrogen-bond donors (Lipinski definition) is 2. The number of aliphatic hydroxyl groups excluding tert-OH is 2. The first kappa shape index (κ1) is 30.5. The van der Waals surface area contributed by atoms with Gasteiger partial charge in [-0.2, -0.15) is 0 Å². The van der Waals surface area contributed by atoms with Gasteiger partial charge in [0.1, 0.15) is 12.2 Å². The van der Waals surface area contributed by atoms with Crippen molar-refractivity contribution in [1.82, 2.24) is 0 Å². The van der Waals surface area contributed by atoms with E-state index in [1.807, 2.05) is 12.2 Å². The minimum atomic E-state index is -0.719. The highest BCUT2D eigenvalue weighted by Gasteiger charge is 2.02. The third-order valence-corrected chi connectivity index (χ3v) is 6.11. The van der Waals surface area contributed by atoms with Crippen molar-refractivity contribution in [3.63, 3.8) is 0 Å². The minimum absolute atomic E-state index is 0.719. The molecule has 0 aromatic heterocycles. The number of terminal acetylenes is 2. The van der Waals surface area contributed by atoms with Gasteiger partial charge in [-0.3, -0.25) is 0 Å². The standard InChI is InChI=1S/C30H50O2/c1-4-29(31)26-22-18-14-9-7-6-8-12-16-20-24-28(3)25-21-17-13-10-11-15-19-23-27-30(32)5-2/h1-2,22-23,26-32H,6-21,24-25H2,3H3/t28-,29+,30+/m1/s1. The molecule has 0 aliphatic carbocycles. The molecule has 0 unspecified atom stereocenters. The van der Waals surface area contributed by atoms with Crippen molar-refractivity contribution in [2.75, 3.05) is 0 Å². The second kappa shape index (κ2) is 24.2. The quantitative estimate of drug-likeness (QED) is 0.102. The molecule has 0 radical (unpaired) electrons. The maximum absolute atomic E-state index is 9.23. The molecule has 2 nitrogen and oxygen atoms in total. The summed E-state index contributed by atoms with van der Waals surface area (Å²) in [6, 6.07) is 0. The summed E-state index contributed by atoms with van der Waals surface area (Å²) in [5.74, 6) is 5.46. The van der Waals surface area contributed by atoms with Crippen LogP contribution in [0.1, 0.15) is 122 Å². The lowest BCUT2D eigenvalue weighted by Gasteiger charge is -2.11. The summed E-state index contributed by atoms with van der Waals surface area (Å²) in [6.45, 7) is 2.42. The summed E-state index contributed by atoms with van der Waals surface area (Å²) in [7, 11) is 0. The van der Waals surface area contributed by atoms with Crippen molar-refractivity contribution in [1.29, 1.82) is 0 Å². The summed E-state index contributed by atoms with van der Waals surface area (Å²) in [5.41, 5.74) is 0. The first-order chi connectivity index (χ1) is 15.6. The highest BCUT2D eigenvalue weighted by Crippen LogP contribution is 2.19. The zero-order valence-corrected chi connectivity index (χ0v) is 20.8. The molecule has 0 fully saturated rings. The Bertz CT molecular complexity index is 534. The molecule has 0 saturated carbocycles. The summed E-state index contributed by atoms with van der Waals surface area (Å²) in [4.78, 5) is 0. The third kappa shape index (κ3) is 23.2. The lowest BCUT2D eigenvalue weighted by atomic mass is 9.95. The van der Waals surface area contributed by atoms with E-state index in [2.05, 4.69) is 18.8 Å². The van der Waals surface area contributed by atoms with Gasteiger partial charge in [0.15, 0.2) is 0 Å². The fourth-order valence-corrected chi connectivity index (χ4v) is 3.98. The molecule has 0 saturated heterocycles. The fourth-order valence-electron chi connectivity index (χ4n) is 3.98. The first-order valence-electron chi connectivity index (χ1n) is 13.2. The minimum Gasteiger partial charge on any atom is -0.377 e. The highest BCUT2D eigenvalue weighted by molar-refractivity contribution is 5.06. The van der Waals surface area contributed by atoms with Crippen molar-refractivity contribution in [2.24, 2.45) is 5.92 Å². The SMILES string of the molecule is C#C[C@H](O)C=CCCCCCCCCCC[C@@H](C)CCCCCCCCC=C[C@@H](O)C#C. The predicted octanol–water partition coefficient (Wildman–Crippen LogP) is 7.74. The van der Waals surface area contributed by atoms with Gasteiger partial charge in [0.2, 0.25) is 0 Å². The second-order valence-corrected chi connectivity index (χ2v) is 9.29. The molecule has 182 valence electrons. The topological polar surface area (TPSA) is 40.5 Å². The molecule has 0 amide bonds. The van der Waals surface area contributed by atoms with Crippen molar-refractivity contribution in [2.45, 2.75) is 135 Å². The zero-order chi connectivity index (χ0) is 23.7. The van der Waals surface area contributed by atoms with Gasteiger partial charge >= 0.3 is 0 Å². The Morgan fingerprint density at radius 1 is 0.562 bits per heavy atom. The number of unbranched alkanes of at least 4 members (excludes halogenated alkanes) is 14. The molecule has 0 bridgehead atoms. The van der Waals surface area contributed by atoms with E-state index in [4.69, 9.17) is 12.8 Å². The van der Waals surface area contributed by atoms with Gasteiger partial charge in [-0.05, 0) is 43.8 Å². The van der Waals surface area contributed by atoms with Crippen LogP contribution >= 0.6 is 0 Å². The van der Waals surface area contributed by atoms with Crippen LogP contribution in [0.3, 0.4) is 0 Å². The maximum Gasteiger partial charge on any atom is 0.133 e. The van der Waals surface area contributed by atoms with Gasteiger partial charge in [-0.15, -0.1) is 12.8 Å². The third-order valence-electron chi connectivity index (χ3n) is 6.11. The molecular formula is C30H50O2. The smallest absolute Gasteiger partial charge is 0.133 e. The molecule has 0 spiro atoms. The van der Waals surface area contributed by atoms with Crippen LogP contribution in [0.25, 0.3) is 0 Å². The second-order valence-electron chi connectivity index (χ2n) is 9.29. The Morgan fingerprint density at radius 2 is 0.875 bits per heavy atom. The van der Waals surface area contributed by atoms with E-state index in [-0.39, 0.29) is 0 Å². The Kier molecular flexibility index (Phi) is 23.1. The van der Waals surface area contributed by atoms with E-state index in [1.54, 1.807) is 12.2 Å². The van der Waals surface area contributed by atoms with Crippen molar-refractivity contribution < 1.29 is 10.2 Å². The monoisotopic (exact) mass is 442 g/mol. The maximum atomic E-state index is 9.23. The molecule has 0 aromatic carbocycles. The summed E-state index contributed by atoms with van der Waals surface area (Å²) < 4.78 is 0. The normalized spacial score (nSPS) is 14.4. The van der Waals surface area contributed by atoms with E-state index < -0.39 is 12.2 Å². The Balaban J connectivity index is 3.28. The lowest BCUT2D eigenvalue weighted by Crippen LogP contribution is -1.95. The van der Waals surface area contributed by atoms with Crippen molar-refractivity contribution >= 4 is 0 Å². The van der Waals surface area contributed by atoms with E-state index in [1.165, 1.54) is 103 Å². The summed E-state index contributed by atoms with van der Waals surface area (Å²) in [6.07, 6.45) is 39.7. The molecule has 2 heteroatoms. The van der Waals surface area contributed by atoms with Crippen LogP contribution in [0.5, 0.6) is 0 Å². The van der Waals surface area contributed by atoms with Crippen LogP contribution in [0.15, 0.2) is 24.3 Å². The van der Waals surface area contributed by atoms with Gasteiger partial charge in [0, 0.05) is 0 Å². The summed E-state index contributed by atoms with van der Waals surface area (Å²) in [5, 5.41) is 18.5. The molecule has 3 atom stereocenters. The van der Waals surface area contributed by atoms with Gasteiger partial charge < -0.3 is 10.2 Å². The predicted molar refractivity (Wildman–Crippen MR) is 140 cm³/mol. The van der Waals surface area contributed by atoms with Gasteiger partial charge in [0.05, 0.1) is 0 Å². The van der Waals surface area contributed by atoms with Crippen LogP contribution in [0.4, 0.5) is 0 Å². The number of allylic oxidation sites excluding steroid dienone is 2. The molecule has 0 aliphatic heterocycles. The lowest BCUT2D eigenvalue weighted by molar-refractivity contribution is 0.280. The first-order valence-corrected chi connectivity index (χ1v) is 13.2. The van der Waals surface area contributed by atoms with E-state index in [0.29, 0.717) is 0 Å². The number of hydrogen-bond acceptors (Lipinski definition) is 2. The molecule has 0 aliphatic rings. The van der Waals surface area contributed by atoms with Crippen LogP contribution in [-0.2, 0) is 0 Å². The van der Waals surface area contributed by atoms with Crippen molar-refractivity contribution in [3.8, 4) is 24.7 Å². The van der Waals surface area contributed by atoms with Crippen LogP contribution < -0.4 is 0 Å². The fraction of sp³-hybridized carbons (Fsp3) is 0.733. The number of rotatable bonds is 22. The molecule has 0 heterocycles. The molecule has 32 heavy (non-hydrogen) atoms. The van der Waals surface area contributed by atoms with E-state index in [0.717, 1.165) is 18.8 Å². The number of aliphatic hydroxyl groups is 2. The Morgan fingerprint density at radius 3 is 1.22 bits per heavy atom. The van der Waals surface area contributed by atoms with Gasteiger partial charge in [-0.1, -0.05) is 121 Å². The largest absolute Gasteiger partial charge is 0.377 e. The Hall–Kier alpha value is -1.48. The average Bonchev–Trinajstić information content (AvgIpc) is 2.80. The molecule has 0 aromatic rings.